The van der Waals surface area contributed by atoms with E-state index in [4.69, 9.17) is 28.4 Å². The van der Waals surface area contributed by atoms with Gasteiger partial charge in [-0.25, -0.2) is 14.4 Å². The molecule has 0 saturated carbocycles. The Hall–Kier alpha value is -3.06. The molecule has 0 rings (SSSR count). The summed E-state index contributed by atoms with van der Waals surface area (Å²) in [6, 6.07) is 0. The van der Waals surface area contributed by atoms with Crippen LogP contribution in [-0.2, 0) is 47.6 Å². The summed E-state index contributed by atoms with van der Waals surface area (Å²) in [5.74, 6) is -2.29. The van der Waals surface area contributed by atoms with Gasteiger partial charge in [0, 0.05) is 29.9 Å². The number of aliphatic hydroxyl groups excluding tert-OH is 2. The molecule has 0 amide bonds. The fraction of sp³-hybridized carbons (Fsp3) is 0.667. The number of carbonyl (C=O) groups excluding carboxylic acids is 4. The second kappa shape index (κ2) is 21.6. The Morgan fingerprint density at radius 1 is 0.619 bits per heavy atom. The molecule has 0 aliphatic heterocycles. The summed E-state index contributed by atoms with van der Waals surface area (Å²) in [5, 5.41) is 20.0. The number of hydrogen-bond donors (Lipinski definition) is 2. The van der Waals surface area contributed by atoms with Crippen LogP contribution in [0, 0.1) is 5.41 Å². The van der Waals surface area contributed by atoms with Gasteiger partial charge in [-0.1, -0.05) is 19.7 Å². The number of unbranched alkanes of at least 4 members (excludes halogenated alkanes) is 2. The van der Waals surface area contributed by atoms with E-state index in [0.717, 1.165) is 0 Å². The number of ether oxygens (including phenoxy) is 6. The molecule has 0 aliphatic rings. The molecule has 0 heterocycles. The minimum atomic E-state index is -1.13. The first-order valence-corrected chi connectivity index (χ1v) is 13.9. The molecule has 0 radical (unpaired) electrons. The maximum Gasteiger partial charge on any atom is 0.333 e. The van der Waals surface area contributed by atoms with Crippen LogP contribution in [0.2, 0.25) is 0 Å². The van der Waals surface area contributed by atoms with Crippen molar-refractivity contribution in [2.75, 3.05) is 52.9 Å². The van der Waals surface area contributed by atoms with E-state index >= 15 is 0 Å². The number of hydrogen-bond acceptors (Lipinski definition) is 12. The topological polar surface area (TPSA) is 164 Å². The monoisotopic (exact) mass is 600 g/mol. The Kier molecular flexibility index (Phi) is 20.0. The van der Waals surface area contributed by atoms with Crippen LogP contribution in [0.5, 0.6) is 0 Å². The van der Waals surface area contributed by atoms with Crippen molar-refractivity contribution in [3.8, 4) is 0 Å². The van der Waals surface area contributed by atoms with E-state index in [1.807, 2.05) is 0 Å². The van der Waals surface area contributed by atoms with Crippen LogP contribution in [0.1, 0.15) is 59.8 Å². The maximum atomic E-state index is 12.5. The Morgan fingerprint density at radius 3 is 1.45 bits per heavy atom. The third-order valence-electron chi connectivity index (χ3n) is 5.46. The Balaban J connectivity index is 4.09. The molecular formula is C30H48O12. The van der Waals surface area contributed by atoms with Gasteiger partial charge in [0.2, 0.25) is 0 Å². The molecule has 2 N–H and O–H groups in total. The first-order chi connectivity index (χ1) is 19.7. The van der Waals surface area contributed by atoms with Crippen molar-refractivity contribution in [1.29, 1.82) is 0 Å². The maximum absolute atomic E-state index is 12.5. The minimum Gasteiger partial charge on any atom is -0.462 e. The van der Waals surface area contributed by atoms with E-state index in [-0.39, 0.29) is 51.6 Å². The van der Waals surface area contributed by atoms with Crippen LogP contribution < -0.4 is 0 Å². The van der Waals surface area contributed by atoms with E-state index in [9.17, 15) is 29.4 Å². The first kappa shape index (κ1) is 38.9. The summed E-state index contributed by atoms with van der Waals surface area (Å²) in [5.41, 5.74) is -0.442. The number of aliphatic hydroxyl groups is 2. The van der Waals surface area contributed by atoms with Gasteiger partial charge in [-0.2, -0.15) is 0 Å². The molecule has 0 bridgehead atoms. The van der Waals surface area contributed by atoms with Gasteiger partial charge in [-0.15, -0.1) is 0 Å². The lowest BCUT2D eigenvalue weighted by atomic mass is 9.86. The lowest BCUT2D eigenvalue weighted by molar-refractivity contribution is -0.158. The average molecular weight is 601 g/mol. The van der Waals surface area contributed by atoms with Crippen LogP contribution in [0.25, 0.3) is 0 Å². The molecule has 12 nitrogen and oxygen atoms in total. The van der Waals surface area contributed by atoms with E-state index < -0.39 is 41.5 Å². The summed E-state index contributed by atoms with van der Waals surface area (Å²) >= 11 is 0. The molecule has 0 aromatic carbocycles. The van der Waals surface area contributed by atoms with Crippen molar-refractivity contribution >= 4 is 23.9 Å². The zero-order valence-electron chi connectivity index (χ0n) is 25.4. The SMILES string of the molecule is C=C(C)C(=O)OCCCCOCC(O)COC(=O)C(=C)CC(C)(C)C(=O)OCC(O)COCCCCOC(=O)C(=C)C. The zero-order valence-corrected chi connectivity index (χ0v) is 25.4. The number of esters is 4. The average Bonchev–Trinajstić information content (AvgIpc) is 2.92. The quantitative estimate of drug-likeness (QED) is 0.0721. The van der Waals surface area contributed by atoms with Crippen LogP contribution in [0.15, 0.2) is 36.5 Å². The molecule has 12 heteroatoms. The highest BCUT2D eigenvalue weighted by atomic mass is 16.6. The van der Waals surface area contributed by atoms with E-state index in [1.165, 1.54) is 0 Å². The Bertz CT molecular complexity index is 908. The minimum absolute atomic E-state index is 0.0205. The van der Waals surface area contributed by atoms with Crippen molar-refractivity contribution in [2.24, 2.45) is 5.41 Å². The largest absolute Gasteiger partial charge is 0.462 e. The van der Waals surface area contributed by atoms with Crippen LogP contribution in [-0.4, -0.2) is 99.2 Å². The third-order valence-corrected chi connectivity index (χ3v) is 5.46. The second-order valence-electron chi connectivity index (χ2n) is 10.6. The molecule has 2 unspecified atom stereocenters. The lowest BCUT2D eigenvalue weighted by Gasteiger charge is -2.24. The zero-order chi connectivity index (χ0) is 32.1. The summed E-state index contributed by atoms with van der Waals surface area (Å²) in [6.45, 7) is 17.4. The van der Waals surface area contributed by atoms with Gasteiger partial charge in [0.05, 0.1) is 31.8 Å². The van der Waals surface area contributed by atoms with Crippen molar-refractivity contribution < 1.29 is 57.8 Å². The van der Waals surface area contributed by atoms with Crippen molar-refractivity contribution in [1.82, 2.24) is 0 Å². The van der Waals surface area contributed by atoms with Gasteiger partial charge >= 0.3 is 23.9 Å². The van der Waals surface area contributed by atoms with E-state index in [1.54, 1.807) is 27.7 Å². The molecule has 2 atom stereocenters. The highest BCUT2D eigenvalue weighted by molar-refractivity contribution is 5.89. The fourth-order valence-electron chi connectivity index (χ4n) is 3.04. The molecule has 0 saturated heterocycles. The smallest absolute Gasteiger partial charge is 0.333 e. The first-order valence-electron chi connectivity index (χ1n) is 13.9. The summed E-state index contributed by atoms with van der Waals surface area (Å²) in [6.07, 6.45) is 0.253. The molecule has 0 aromatic rings. The van der Waals surface area contributed by atoms with Crippen LogP contribution >= 0.6 is 0 Å². The molecule has 0 fully saturated rings. The summed E-state index contributed by atoms with van der Waals surface area (Å²) in [7, 11) is 0. The predicted molar refractivity (Wildman–Crippen MR) is 153 cm³/mol. The Morgan fingerprint density at radius 2 is 1.02 bits per heavy atom. The van der Waals surface area contributed by atoms with Crippen molar-refractivity contribution in [3.05, 3.63) is 36.5 Å². The molecule has 240 valence electrons. The van der Waals surface area contributed by atoms with Gasteiger partial charge in [0.25, 0.3) is 0 Å². The molecule has 42 heavy (non-hydrogen) atoms. The molecular weight excluding hydrogens is 552 g/mol. The normalized spacial score (nSPS) is 12.5. The molecule has 0 aliphatic carbocycles. The van der Waals surface area contributed by atoms with Gasteiger partial charge in [-0.3, -0.25) is 4.79 Å². The summed E-state index contributed by atoms with van der Waals surface area (Å²) < 4.78 is 30.9. The van der Waals surface area contributed by atoms with E-state index in [2.05, 4.69) is 19.7 Å². The highest BCUT2D eigenvalue weighted by Gasteiger charge is 2.32. The van der Waals surface area contributed by atoms with Crippen LogP contribution in [0.4, 0.5) is 0 Å². The van der Waals surface area contributed by atoms with Crippen molar-refractivity contribution in [2.45, 2.75) is 72.0 Å². The van der Waals surface area contributed by atoms with E-state index in [0.29, 0.717) is 50.0 Å². The number of carbonyl (C=O) groups is 4. The van der Waals surface area contributed by atoms with Gasteiger partial charge in [0.15, 0.2) is 0 Å². The van der Waals surface area contributed by atoms with Crippen LogP contribution in [0.3, 0.4) is 0 Å². The lowest BCUT2D eigenvalue weighted by Crippen LogP contribution is -2.32. The predicted octanol–water partition coefficient (Wildman–Crippen LogP) is 2.60. The third kappa shape index (κ3) is 19.1. The van der Waals surface area contributed by atoms with Gasteiger partial charge < -0.3 is 38.6 Å². The molecule has 0 spiro atoms. The standard InChI is InChI=1S/C30H48O12/c1-21(2)26(33)39-14-10-8-12-37-17-24(31)19-41-28(35)23(5)16-30(6,7)29(36)42-20-25(32)18-38-13-9-11-15-40-27(34)22(3)4/h24-25,31-32H,1,3,5,8-20H2,2,4,6-7H3. The van der Waals surface area contributed by atoms with Gasteiger partial charge in [-0.05, 0) is 59.8 Å². The second-order valence-corrected chi connectivity index (χ2v) is 10.6. The summed E-state index contributed by atoms with van der Waals surface area (Å²) in [4.78, 5) is 47.3. The Labute approximate surface area is 248 Å². The highest BCUT2D eigenvalue weighted by Crippen LogP contribution is 2.27. The number of rotatable bonds is 24. The van der Waals surface area contributed by atoms with Gasteiger partial charge in [0.1, 0.15) is 25.4 Å². The fourth-order valence-corrected chi connectivity index (χ4v) is 3.04. The molecule has 0 aromatic heterocycles. The van der Waals surface area contributed by atoms with Crippen molar-refractivity contribution in [3.63, 3.8) is 0 Å².